The molecule has 2 aromatic carbocycles. The molecule has 2 rings (SSSR count). The van der Waals surface area contributed by atoms with Gasteiger partial charge in [-0.15, -0.1) is 0 Å². The number of amides is 2. The predicted molar refractivity (Wildman–Crippen MR) is 94.0 cm³/mol. The highest BCUT2D eigenvalue weighted by atomic mass is 16.5. The minimum atomic E-state index is -0.182. The van der Waals surface area contributed by atoms with Gasteiger partial charge < -0.3 is 15.4 Å². The van der Waals surface area contributed by atoms with Crippen LogP contribution in [0.2, 0.25) is 0 Å². The maximum Gasteiger partial charge on any atom is 0.224 e. The molecule has 5 heteroatoms. The van der Waals surface area contributed by atoms with Crippen molar-refractivity contribution in [1.29, 1.82) is 0 Å². The first kappa shape index (κ1) is 17.5. The lowest BCUT2D eigenvalue weighted by molar-refractivity contribution is -0.124. The molecule has 2 N–H and O–H groups in total. The van der Waals surface area contributed by atoms with Crippen LogP contribution in [-0.2, 0) is 16.0 Å². The fraction of sp³-hybridized carbons (Fsp3) is 0.263. The summed E-state index contributed by atoms with van der Waals surface area (Å²) in [4.78, 5) is 23.6. The lowest BCUT2D eigenvalue weighted by atomic mass is 10.1. The largest absolute Gasteiger partial charge is 0.497 e. The van der Waals surface area contributed by atoms with E-state index in [9.17, 15) is 9.59 Å². The molecule has 0 aliphatic heterocycles. The SMILES string of the molecule is COc1ccc(NC(=O)CCC(=O)NCCc2ccccc2)cc1. The van der Waals surface area contributed by atoms with E-state index >= 15 is 0 Å². The fourth-order valence-electron chi connectivity index (χ4n) is 2.20. The Morgan fingerprint density at radius 3 is 2.25 bits per heavy atom. The molecule has 0 aromatic heterocycles. The summed E-state index contributed by atoms with van der Waals surface area (Å²) in [7, 11) is 1.59. The van der Waals surface area contributed by atoms with E-state index in [0.29, 0.717) is 12.2 Å². The molecule has 0 bridgehead atoms. The molecule has 126 valence electrons. The number of carbonyl (C=O) groups excluding carboxylic acids is 2. The van der Waals surface area contributed by atoms with E-state index in [1.807, 2.05) is 30.3 Å². The van der Waals surface area contributed by atoms with Crippen molar-refractivity contribution < 1.29 is 14.3 Å². The Kier molecular flexibility index (Phi) is 6.83. The van der Waals surface area contributed by atoms with E-state index in [1.165, 1.54) is 5.56 Å². The van der Waals surface area contributed by atoms with Gasteiger partial charge in [0.25, 0.3) is 0 Å². The van der Waals surface area contributed by atoms with Crippen LogP contribution in [0.25, 0.3) is 0 Å². The fourth-order valence-corrected chi connectivity index (χ4v) is 2.20. The average molecular weight is 326 g/mol. The number of nitrogens with one attached hydrogen (secondary N) is 2. The summed E-state index contributed by atoms with van der Waals surface area (Å²) in [5.74, 6) is 0.431. The van der Waals surface area contributed by atoms with Gasteiger partial charge in [0.2, 0.25) is 11.8 Å². The number of hydrogen-bond donors (Lipinski definition) is 2. The number of anilines is 1. The van der Waals surface area contributed by atoms with Gasteiger partial charge in [0.1, 0.15) is 5.75 Å². The van der Waals surface area contributed by atoms with Gasteiger partial charge in [-0.1, -0.05) is 30.3 Å². The molecule has 0 spiro atoms. The van der Waals surface area contributed by atoms with Crippen LogP contribution in [0.4, 0.5) is 5.69 Å². The molecule has 0 aliphatic rings. The number of rotatable bonds is 8. The van der Waals surface area contributed by atoms with Crippen molar-refractivity contribution in [2.75, 3.05) is 19.0 Å². The predicted octanol–water partition coefficient (Wildman–Crippen LogP) is 2.77. The van der Waals surface area contributed by atoms with E-state index < -0.39 is 0 Å². The quantitative estimate of drug-likeness (QED) is 0.784. The summed E-state index contributed by atoms with van der Waals surface area (Å²) in [6, 6.07) is 17.0. The summed E-state index contributed by atoms with van der Waals surface area (Å²) >= 11 is 0. The summed E-state index contributed by atoms with van der Waals surface area (Å²) in [6.07, 6.45) is 1.12. The highest BCUT2D eigenvalue weighted by molar-refractivity contribution is 5.93. The molecule has 0 radical (unpaired) electrons. The Bertz CT molecular complexity index is 654. The first-order chi connectivity index (χ1) is 11.7. The molecule has 0 aliphatic carbocycles. The van der Waals surface area contributed by atoms with Gasteiger partial charge in [0, 0.05) is 25.1 Å². The van der Waals surface area contributed by atoms with E-state index in [4.69, 9.17) is 4.74 Å². The van der Waals surface area contributed by atoms with Gasteiger partial charge in [0.15, 0.2) is 0 Å². The van der Waals surface area contributed by atoms with Gasteiger partial charge >= 0.3 is 0 Å². The number of carbonyl (C=O) groups is 2. The molecule has 0 heterocycles. The molecule has 0 saturated carbocycles. The molecule has 0 unspecified atom stereocenters. The number of methoxy groups -OCH3 is 1. The van der Waals surface area contributed by atoms with Crippen LogP contribution in [0, 0.1) is 0 Å². The first-order valence-electron chi connectivity index (χ1n) is 7.92. The van der Waals surface area contributed by atoms with Crippen LogP contribution in [0.1, 0.15) is 18.4 Å². The lowest BCUT2D eigenvalue weighted by Gasteiger charge is -2.07. The average Bonchev–Trinajstić information content (AvgIpc) is 2.61. The summed E-state index contributed by atoms with van der Waals surface area (Å²) in [6.45, 7) is 0.572. The Balaban J connectivity index is 1.64. The Morgan fingerprint density at radius 2 is 1.58 bits per heavy atom. The third-order valence-electron chi connectivity index (χ3n) is 3.53. The molecule has 5 nitrogen and oxygen atoms in total. The minimum Gasteiger partial charge on any atom is -0.497 e. The van der Waals surface area contributed by atoms with Crippen LogP contribution in [0.15, 0.2) is 54.6 Å². The number of benzene rings is 2. The van der Waals surface area contributed by atoms with E-state index in [-0.39, 0.29) is 24.7 Å². The van der Waals surface area contributed by atoms with Crippen molar-refractivity contribution in [3.05, 3.63) is 60.2 Å². The third-order valence-corrected chi connectivity index (χ3v) is 3.53. The normalized spacial score (nSPS) is 10.0. The standard InChI is InChI=1S/C19H22N2O3/c1-24-17-9-7-16(8-10-17)21-19(23)12-11-18(22)20-14-13-15-5-3-2-4-6-15/h2-10H,11-14H2,1H3,(H,20,22)(H,21,23). The monoisotopic (exact) mass is 326 g/mol. The molecule has 0 fully saturated rings. The lowest BCUT2D eigenvalue weighted by Crippen LogP contribution is -2.26. The van der Waals surface area contributed by atoms with Crippen molar-refractivity contribution in [2.45, 2.75) is 19.3 Å². The second kappa shape index (κ2) is 9.35. The summed E-state index contributed by atoms with van der Waals surface area (Å²) in [5.41, 5.74) is 1.86. The number of hydrogen-bond acceptors (Lipinski definition) is 3. The minimum absolute atomic E-state index is 0.115. The van der Waals surface area contributed by atoms with E-state index in [2.05, 4.69) is 10.6 Å². The highest BCUT2D eigenvalue weighted by Crippen LogP contribution is 2.15. The molecule has 24 heavy (non-hydrogen) atoms. The van der Waals surface area contributed by atoms with Crippen molar-refractivity contribution in [2.24, 2.45) is 0 Å². The zero-order chi connectivity index (χ0) is 17.2. The van der Waals surface area contributed by atoms with Crippen LogP contribution in [0.3, 0.4) is 0 Å². The first-order valence-corrected chi connectivity index (χ1v) is 7.92. The van der Waals surface area contributed by atoms with E-state index in [0.717, 1.165) is 12.2 Å². The maximum absolute atomic E-state index is 11.8. The van der Waals surface area contributed by atoms with Gasteiger partial charge in [-0.2, -0.15) is 0 Å². The number of ether oxygens (including phenoxy) is 1. The molecule has 0 atom stereocenters. The van der Waals surface area contributed by atoms with Crippen LogP contribution >= 0.6 is 0 Å². The molecular formula is C19H22N2O3. The summed E-state index contributed by atoms with van der Waals surface area (Å²) < 4.78 is 5.06. The second-order valence-electron chi connectivity index (χ2n) is 5.36. The zero-order valence-electron chi connectivity index (χ0n) is 13.7. The third kappa shape index (κ3) is 6.12. The van der Waals surface area contributed by atoms with Crippen molar-refractivity contribution in [3.63, 3.8) is 0 Å². The molecular weight excluding hydrogens is 304 g/mol. The Hall–Kier alpha value is -2.82. The van der Waals surface area contributed by atoms with Crippen LogP contribution < -0.4 is 15.4 Å². The highest BCUT2D eigenvalue weighted by Gasteiger charge is 2.07. The molecule has 2 amide bonds. The Morgan fingerprint density at radius 1 is 0.917 bits per heavy atom. The topological polar surface area (TPSA) is 67.4 Å². The van der Waals surface area contributed by atoms with Crippen LogP contribution in [-0.4, -0.2) is 25.5 Å². The van der Waals surface area contributed by atoms with E-state index in [1.54, 1.807) is 31.4 Å². The van der Waals surface area contributed by atoms with Crippen molar-refractivity contribution in [1.82, 2.24) is 5.32 Å². The van der Waals surface area contributed by atoms with Gasteiger partial charge in [-0.05, 0) is 36.2 Å². The van der Waals surface area contributed by atoms with Crippen molar-refractivity contribution >= 4 is 17.5 Å². The molecule has 2 aromatic rings. The van der Waals surface area contributed by atoms with Gasteiger partial charge in [0.05, 0.1) is 7.11 Å². The molecule has 0 saturated heterocycles. The van der Waals surface area contributed by atoms with Gasteiger partial charge in [-0.3, -0.25) is 9.59 Å². The second-order valence-corrected chi connectivity index (χ2v) is 5.36. The Labute approximate surface area is 142 Å². The smallest absolute Gasteiger partial charge is 0.224 e. The van der Waals surface area contributed by atoms with Crippen molar-refractivity contribution in [3.8, 4) is 5.75 Å². The maximum atomic E-state index is 11.8. The zero-order valence-corrected chi connectivity index (χ0v) is 13.7. The van der Waals surface area contributed by atoms with Crippen LogP contribution in [0.5, 0.6) is 5.75 Å². The van der Waals surface area contributed by atoms with Gasteiger partial charge in [-0.25, -0.2) is 0 Å². The summed E-state index contributed by atoms with van der Waals surface area (Å²) in [5, 5.41) is 5.59.